The van der Waals surface area contributed by atoms with Crippen LogP contribution in [0.3, 0.4) is 0 Å². The Kier molecular flexibility index (Phi) is 2.27. The van der Waals surface area contributed by atoms with Crippen LogP contribution in [0.15, 0.2) is 29.8 Å². The highest BCUT2D eigenvalue weighted by atomic mass is 16.5. The molecule has 124 valence electrons. The molecule has 5 heterocycles. The molecule has 0 radical (unpaired) electrons. The molecule has 1 aliphatic carbocycles. The van der Waals surface area contributed by atoms with Crippen molar-refractivity contribution in [3.8, 4) is 5.75 Å². The summed E-state index contributed by atoms with van der Waals surface area (Å²) >= 11 is 0. The summed E-state index contributed by atoms with van der Waals surface area (Å²) in [5, 5.41) is 3.74. The zero-order chi connectivity index (χ0) is 16.2. The monoisotopic (exact) mass is 322 g/mol. The number of hydrogen-bond acceptors (Lipinski definition) is 4. The first-order chi connectivity index (χ1) is 11.7. The van der Waals surface area contributed by atoms with E-state index in [2.05, 4.69) is 35.3 Å². The van der Waals surface area contributed by atoms with Gasteiger partial charge in [0.2, 0.25) is 0 Å². The van der Waals surface area contributed by atoms with Crippen LogP contribution in [0.1, 0.15) is 25.3 Å². The second kappa shape index (κ2) is 4.05. The van der Waals surface area contributed by atoms with Crippen LogP contribution in [0.4, 0.5) is 5.69 Å². The van der Waals surface area contributed by atoms with E-state index in [4.69, 9.17) is 4.74 Å². The molecular weight excluding hydrogens is 300 g/mol. The Hall–Kier alpha value is -1.81. The van der Waals surface area contributed by atoms with Crippen LogP contribution in [0, 0.1) is 11.8 Å². The fourth-order valence-corrected chi connectivity index (χ4v) is 6.72. The highest BCUT2D eigenvalue weighted by molar-refractivity contribution is 6.01. The number of Topliss-reactive ketones (excluding diaryl/α,β-unsaturated/α-hetero) is 1. The summed E-state index contributed by atoms with van der Waals surface area (Å²) in [5.41, 5.74) is 3.51. The number of rotatable bonds is 1. The maximum Gasteiger partial charge on any atom is 0.150 e. The third kappa shape index (κ3) is 1.22. The molecule has 7 atom stereocenters. The minimum absolute atomic E-state index is 0.199. The van der Waals surface area contributed by atoms with Gasteiger partial charge in [0.1, 0.15) is 5.75 Å². The van der Waals surface area contributed by atoms with Gasteiger partial charge in [0.25, 0.3) is 0 Å². The second-order valence-corrected chi connectivity index (χ2v) is 8.11. The topological polar surface area (TPSA) is 41.6 Å². The van der Waals surface area contributed by atoms with Crippen molar-refractivity contribution < 1.29 is 9.53 Å². The molecule has 5 bridgehead atoms. The Balaban J connectivity index is 1.58. The number of carbonyl (C=O) groups excluding carboxylic acids is 1. The van der Waals surface area contributed by atoms with Gasteiger partial charge in [-0.2, -0.15) is 0 Å². The number of hydrogen-bond donors (Lipinski definition) is 1. The molecule has 4 heteroatoms. The second-order valence-electron chi connectivity index (χ2n) is 8.11. The molecule has 6 aliphatic rings. The number of carbonyl (C=O) groups is 1. The number of ketones is 1. The Labute approximate surface area is 141 Å². The van der Waals surface area contributed by atoms with Crippen molar-refractivity contribution in [3.05, 3.63) is 35.4 Å². The SMILES string of the molecule is CC=C1CN2C3CC45C(=O)C3C1CC2C4Nc1ccc(OC)cc15. The smallest absolute Gasteiger partial charge is 0.150 e. The molecule has 5 aliphatic heterocycles. The standard InChI is InChI=1S/C20H22N2O2/c1-3-10-9-22-15-7-12(10)17-16(22)8-20(19(17)23)13-6-11(24-2)4-5-14(13)21-18(15)20/h3-6,12,15-18,21H,7-9H2,1-2H3. The maximum atomic E-state index is 13.7. The fourth-order valence-electron chi connectivity index (χ4n) is 6.72. The van der Waals surface area contributed by atoms with Crippen molar-refractivity contribution in [1.29, 1.82) is 0 Å². The molecule has 0 aromatic heterocycles. The van der Waals surface area contributed by atoms with Crippen LogP contribution in [-0.4, -0.2) is 42.5 Å². The number of fused-ring (bicyclic) bond motifs is 2. The van der Waals surface area contributed by atoms with E-state index in [0.717, 1.165) is 30.8 Å². The summed E-state index contributed by atoms with van der Waals surface area (Å²) in [4.78, 5) is 16.4. The van der Waals surface area contributed by atoms with Gasteiger partial charge in [-0.05, 0) is 49.4 Å². The highest BCUT2D eigenvalue weighted by Crippen LogP contribution is 2.65. The first-order valence-corrected chi connectivity index (χ1v) is 9.09. The number of anilines is 1. The number of piperidine rings is 4. The number of allylic oxidation sites excluding steroid dienone is 1. The van der Waals surface area contributed by atoms with E-state index in [1.54, 1.807) is 7.11 Å². The lowest BCUT2D eigenvalue weighted by molar-refractivity contribution is -0.126. The van der Waals surface area contributed by atoms with E-state index in [1.807, 2.05) is 6.07 Å². The van der Waals surface area contributed by atoms with Gasteiger partial charge in [0.05, 0.1) is 18.6 Å². The summed E-state index contributed by atoms with van der Waals surface area (Å²) in [6.45, 7) is 3.20. The molecule has 1 aromatic rings. The van der Waals surface area contributed by atoms with Gasteiger partial charge in [-0.15, -0.1) is 0 Å². The molecule has 1 aromatic carbocycles. The van der Waals surface area contributed by atoms with Gasteiger partial charge in [0, 0.05) is 30.2 Å². The van der Waals surface area contributed by atoms with Crippen LogP contribution in [0.5, 0.6) is 5.75 Å². The number of benzene rings is 1. The number of nitrogens with one attached hydrogen (secondary N) is 1. The first kappa shape index (κ1) is 13.5. The minimum atomic E-state index is -0.321. The normalized spacial score (nSPS) is 47.8. The highest BCUT2D eigenvalue weighted by Gasteiger charge is 2.73. The van der Waals surface area contributed by atoms with Crippen molar-refractivity contribution in [1.82, 2.24) is 4.90 Å². The lowest BCUT2D eigenvalue weighted by Gasteiger charge is -2.57. The van der Waals surface area contributed by atoms with Gasteiger partial charge in [-0.3, -0.25) is 9.69 Å². The summed E-state index contributed by atoms with van der Waals surface area (Å²) < 4.78 is 5.46. The number of methoxy groups -OCH3 is 1. The molecule has 1 N–H and O–H groups in total. The largest absolute Gasteiger partial charge is 0.497 e. The third-order valence-corrected chi connectivity index (χ3v) is 7.62. The molecule has 7 unspecified atom stereocenters. The average molecular weight is 322 g/mol. The molecule has 1 saturated carbocycles. The minimum Gasteiger partial charge on any atom is -0.497 e. The van der Waals surface area contributed by atoms with Gasteiger partial charge in [-0.25, -0.2) is 0 Å². The molecule has 7 rings (SSSR count). The maximum absolute atomic E-state index is 13.7. The van der Waals surface area contributed by atoms with Crippen LogP contribution >= 0.6 is 0 Å². The van der Waals surface area contributed by atoms with Gasteiger partial charge >= 0.3 is 0 Å². The van der Waals surface area contributed by atoms with E-state index < -0.39 is 0 Å². The first-order valence-electron chi connectivity index (χ1n) is 9.09. The van der Waals surface area contributed by atoms with Crippen molar-refractivity contribution in [3.63, 3.8) is 0 Å². The van der Waals surface area contributed by atoms with Crippen molar-refractivity contribution in [2.24, 2.45) is 11.8 Å². The average Bonchev–Trinajstić information content (AvgIpc) is 3.08. The van der Waals surface area contributed by atoms with E-state index in [-0.39, 0.29) is 17.4 Å². The van der Waals surface area contributed by atoms with Crippen molar-refractivity contribution >= 4 is 11.5 Å². The van der Waals surface area contributed by atoms with Gasteiger partial charge in [0.15, 0.2) is 5.78 Å². The molecule has 0 amide bonds. The predicted octanol–water partition coefficient (Wildman–Crippen LogP) is 2.35. The Morgan fingerprint density at radius 3 is 3.04 bits per heavy atom. The molecule has 4 nitrogen and oxygen atoms in total. The van der Waals surface area contributed by atoms with Crippen LogP contribution < -0.4 is 10.1 Å². The summed E-state index contributed by atoms with van der Waals surface area (Å²) in [5.74, 6) is 2.02. The predicted molar refractivity (Wildman–Crippen MR) is 91.3 cm³/mol. The Morgan fingerprint density at radius 2 is 2.25 bits per heavy atom. The summed E-state index contributed by atoms with van der Waals surface area (Å²) in [7, 11) is 1.70. The lowest BCUT2D eigenvalue weighted by Crippen LogP contribution is -2.66. The molecule has 1 spiro atoms. The lowest BCUT2D eigenvalue weighted by atomic mass is 9.65. The van der Waals surface area contributed by atoms with E-state index in [0.29, 0.717) is 23.8 Å². The Bertz CT molecular complexity index is 816. The van der Waals surface area contributed by atoms with Crippen molar-refractivity contribution in [2.45, 2.75) is 43.3 Å². The van der Waals surface area contributed by atoms with E-state index >= 15 is 0 Å². The van der Waals surface area contributed by atoms with Gasteiger partial charge in [-0.1, -0.05) is 11.6 Å². The summed E-state index contributed by atoms with van der Waals surface area (Å²) in [6.07, 6.45) is 4.38. The third-order valence-electron chi connectivity index (χ3n) is 7.62. The quantitative estimate of drug-likeness (QED) is 0.806. The van der Waals surface area contributed by atoms with E-state index in [9.17, 15) is 4.79 Å². The number of nitrogens with zero attached hydrogens (tertiary/aromatic N) is 1. The summed E-state index contributed by atoms with van der Waals surface area (Å²) in [6, 6.07) is 7.37. The fraction of sp³-hybridized carbons (Fsp3) is 0.550. The zero-order valence-electron chi connectivity index (χ0n) is 14.1. The van der Waals surface area contributed by atoms with Crippen LogP contribution in [0.2, 0.25) is 0 Å². The molecule has 24 heavy (non-hydrogen) atoms. The van der Waals surface area contributed by atoms with Crippen LogP contribution in [-0.2, 0) is 10.2 Å². The molecule has 4 saturated heterocycles. The molecule has 5 fully saturated rings. The van der Waals surface area contributed by atoms with Gasteiger partial charge < -0.3 is 10.1 Å². The zero-order valence-corrected chi connectivity index (χ0v) is 14.1. The molecular formula is C20H22N2O2. The van der Waals surface area contributed by atoms with E-state index in [1.165, 1.54) is 11.1 Å². The number of ether oxygens (including phenoxy) is 1. The van der Waals surface area contributed by atoms with Crippen LogP contribution in [0.25, 0.3) is 0 Å². The Morgan fingerprint density at radius 1 is 1.38 bits per heavy atom. The van der Waals surface area contributed by atoms with Crippen molar-refractivity contribution in [2.75, 3.05) is 19.0 Å².